The summed E-state index contributed by atoms with van der Waals surface area (Å²) in [6.45, 7) is 6.21. The number of ether oxygens (including phenoxy) is 1. The number of rotatable bonds is 5. The highest BCUT2D eigenvalue weighted by molar-refractivity contribution is 5.77. The van der Waals surface area contributed by atoms with Crippen molar-refractivity contribution in [3.63, 3.8) is 0 Å². The van der Waals surface area contributed by atoms with E-state index in [9.17, 15) is 9.90 Å². The molecule has 1 aliphatic heterocycles. The highest BCUT2D eigenvalue weighted by Crippen LogP contribution is 2.32. The third-order valence-corrected chi connectivity index (χ3v) is 4.71. The predicted molar refractivity (Wildman–Crippen MR) is 77.5 cm³/mol. The van der Waals surface area contributed by atoms with Gasteiger partial charge in [-0.15, -0.1) is 0 Å². The van der Waals surface area contributed by atoms with Crippen molar-refractivity contribution >= 4 is 5.91 Å². The van der Waals surface area contributed by atoms with E-state index in [1.165, 1.54) is 0 Å². The second-order valence-corrected chi connectivity index (χ2v) is 6.33. The Balaban J connectivity index is 1.77. The fraction of sp³-hybridized carbons (Fsp3) is 0.933. The molecule has 1 atom stereocenters. The Morgan fingerprint density at radius 3 is 2.40 bits per heavy atom. The molecule has 20 heavy (non-hydrogen) atoms. The Morgan fingerprint density at radius 1 is 1.25 bits per heavy atom. The number of hydrogen-bond donors (Lipinski definition) is 1. The van der Waals surface area contributed by atoms with Crippen LogP contribution >= 0.6 is 0 Å². The highest BCUT2D eigenvalue weighted by Gasteiger charge is 2.35. The summed E-state index contributed by atoms with van der Waals surface area (Å²) in [6.07, 6.45) is 3.96. The molecule has 0 spiro atoms. The van der Waals surface area contributed by atoms with E-state index >= 15 is 0 Å². The van der Waals surface area contributed by atoms with Crippen molar-refractivity contribution in [2.75, 3.05) is 39.9 Å². The summed E-state index contributed by atoms with van der Waals surface area (Å²) < 4.78 is 5.18. The van der Waals surface area contributed by atoms with Crippen molar-refractivity contribution < 1.29 is 14.6 Å². The van der Waals surface area contributed by atoms with Crippen molar-refractivity contribution in [3.8, 4) is 0 Å². The molecule has 116 valence electrons. The van der Waals surface area contributed by atoms with Crippen LogP contribution in [0, 0.1) is 0 Å². The lowest BCUT2D eigenvalue weighted by Gasteiger charge is -2.38. The first-order valence-corrected chi connectivity index (χ1v) is 7.77. The monoisotopic (exact) mass is 284 g/mol. The Morgan fingerprint density at radius 2 is 1.85 bits per heavy atom. The lowest BCUT2D eigenvalue weighted by Crippen LogP contribution is -2.53. The van der Waals surface area contributed by atoms with E-state index in [0.717, 1.165) is 58.5 Å². The first-order chi connectivity index (χ1) is 9.54. The van der Waals surface area contributed by atoms with Gasteiger partial charge in [-0.1, -0.05) is 12.8 Å². The molecule has 2 aliphatic rings. The molecule has 1 amide bonds. The molecule has 0 aromatic heterocycles. The molecule has 5 heteroatoms. The van der Waals surface area contributed by atoms with Crippen molar-refractivity contribution in [2.24, 2.45) is 0 Å². The number of amides is 1. The first-order valence-electron chi connectivity index (χ1n) is 7.77. The summed E-state index contributed by atoms with van der Waals surface area (Å²) in [4.78, 5) is 16.6. The molecule has 1 N–H and O–H groups in total. The maximum Gasteiger partial charge on any atom is 0.225 e. The van der Waals surface area contributed by atoms with Crippen LogP contribution in [0.15, 0.2) is 0 Å². The second-order valence-electron chi connectivity index (χ2n) is 6.33. The highest BCUT2D eigenvalue weighted by atomic mass is 16.5. The SMILES string of the molecule is COCC(C)N1CCN(C(=O)CC2(O)CCCC2)CC1. The van der Waals surface area contributed by atoms with Crippen LogP contribution in [-0.4, -0.2) is 72.4 Å². The summed E-state index contributed by atoms with van der Waals surface area (Å²) in [6, 6.07) is 0.399. The first kappa shape index (κ1) is 15.7. The number of aliphatic hydroxyl groups is 1. The van der Waals surface area contributed by atoms with E-state index in [1.807, 2.05) is 4.90 Å². The second kappa shape index (κ2) is 6.87. The van der Waals surface area contributed by atoms with Crippen LogP contribution in [-0.2, 0) is 9.53 Å². The number of hydrogen-bond acceptors (Lipinski definition) is 4. The third-order valence-electron chi connectivity index (χ3n) is 4.71. The number of carbonyl (C=O) groups is 1. The van der Waals surface area contributed by atoms with Crippen molar-refractivity contribution in [1.82, 2.24) is 9.80 Å². The van der Waals surface area contributed by atoms with Gasteiger partial charge in [0, 0.05) is 39.3 Å². The fourth-order valence-corrected chi connectivity index (χ4v) is 3.36. The van der Waals surface area contributed by atoms with Crippen LogP contribution in [0.3, 0.4) is 0 Å². The Labute approximate surface area is 121 Å². The third kappa shape index (κ3) is 3.93. The Bertz CT molecular complexity index is 321. The number of nitrogens with zero attached hydrogens (tertiary/aromatic N) is 2. The molecule has 1 saturated heterocycles. The van der Waals surface area contributed by atoms with Gasteiger partial charge in [0.05, 0.1) is 18.6 Å². The van der Waals surface area contributed by atoms with Gasteiger partial charge < -0.3 is 14.7 Å². The normalized spacial score (nSPS) is 24.9. The van der Waals surface area contributed by atoms with Crippen molar-refractivity contribution in [2.45, 2.75) is 50.7 Å². The molecular weight excluding hydrogens is 256 g/mol. The van der Waals surface area contributed by atoms with Gasteiger partial charge in [0.25, 0.3) is 0 Å². The molecule has 5 nitrogen and oxygen atoms in total. The predicted octanol–water partition coefficient (Wildman–Crippen LogP) is 0.861. The molecular formula is C15H28N2O3. The van der Waals surface area contributed by atoms with Crippen LogP contribution in [0.25, 0.3) is 0 Å². The minimum absolute atomic E-state index is 0.119. The van der Waals surface area contributed by atoms with Gasteiger partial charge in [0.2, 0.25) is 5.91 Å². The summed E-state index contributed by atoms with van der Waals surface area (Å²) in [7, 11) is 1.72. The van der Waals surface area contributed by atoms with Crippen molar-refractivity contribution in [1.29, 1.82) is 0 Å². The molecule has 1 unspecified atom stereocenters. The van der Waals surface area contributed by atoms with Crippen LogP contribution in [0.4, 0.5) is 0 Å². The number of carbonyl (C=O) groups excluding carboxylic acids is 1. The molecule has 0 radical (unpaired) electrons. The van der Waals surface area contributed by atoms with Crippen LogP contribution in [0.1, 0.15) is 39.0 Å². The molecule has 1 heterocycles. The Kier molecular flexibility index (Phi) is 5.41. The largest absolute Gasteiger partial charge is 0.389 e. The molecule has 0 aromatic carbocycles. The molecule has 2 fully saturated rings. The van der Waals surface area contributed by atoms with E-state index in [4.69, 9.17) is 4.74 Å². The van der Waals surface area contributed by atoms with Gasteiger partial charge >= 0.3 is 0 Å². The summed E-state index contributed by atoms with van der Waals surface area (Å²) >= 11 is 0. The van der Waals surface area contributed by atoms with E-state index in [-0.39, 0.29) is 5.91 Å². The van der Waals surface area contributed by atoms with E-state index in [1.54, 1.807) is 7.11 Å². The van der Waals surface area contributed by atoms with Gasteiger partial charge in [-0.25, -0.2) is 0 Å². The van der Waals surface area contributed by atoms with Crippen LogP contribution in [0.2, 0.25) is 0 Å². The van der Waals surface area contributed by atoms with Crippen LogP contribution in [0.5, 0.6) is 0 Å². The molecule has 0 bridgehead atoms. The molecule has 1 aliphatic carbocycles. The lowest BCUT2D eigenvalue weighted by molar-refractivity contribution is -0.138. The molecule has 1 saturated carbocycles. The van der Waals surface area contributed by atoms with Gasteiger partial charge in [-0.2, -0.15) is 0 Å². The Hall–Kier alpha value is -0.650. The van der Waals surface area contributed by atoms with Gasteiger partial charge in [0.15, 0.2) is 0 Å². The van der Waals surface area contributed by atoms with E-state index in [0.29, 0.717) is 12.5 Å². The maximum atomic E-state index is 12.3. The zero-order valence-corrected chi connectivity index (χ0v) is 12.8. The van der Waals surface area contributed by atoms with Gasteiger partial charge in [-0.3, -0.25) is 9.69 Å². The summed E-state index contributed by atoms with van der Waals surface area (Å²) in [5.74, 6) is 0.119. The topological polar surface area (TPSA) is 53.0 Å². The summed E-state index contributed by atoms with van der Waals surface area (Å²) in [5, 5.41) is 10.3. The van der Waals surface area contributed by atoms with Gasteiger partial charge in [0.1, 0.15) is 0 Å². The average Bonchev–Trinajstić information content (AvgIpc) is 2.85. The minimum atomic E-state index is -0.725. The molecule has 2 rings (SSSR count). The fourth-order valence-electron chi connectivity index (χ4n) is 3.36. The lowest BCUT2D eigenvalue weighted by atomic mass is 9.97. The minimum Gasteiger partial charge on any atom is -0.389 e. The van der Waals surface area contributed by atoms with Gasteiger partial charge in [-0.05, 0) is 19.8 Å². The quantitative estimate of drug-likeness (QED) is 0.813. The standard InChI is InChI=1S/C15H28N2O3/c1-13(12-20-2)16-7-9-17(10-8-16)14(18)11-15(19)5-3-4-6-15/h13,19H,3-12H2,1-2H3. The van der Waals surface area contributed by atoms with E-state index in [2.05, 4.69) is 11.8 Å². The summed E-state index contributed by atoms with van der Waals surface area (Å²) in [5.41, 5.74) is -0.725. The van der Waals surface area contributed by atoms with E-state index < -0.39 is 5.60 Å². The van der Waals surface area contributed by atoms with Crippen molar-refractivity contribution in [3.05, 3.63) is 0 Å². The average molecular weight is 284 g/mol. The van der Waals surface area contributed by atoms with Crippen LogP contribution < -0.4 is 0 Å². The zero-order valence-electron chi connectivity index (χ0n) is 12.8. The number of piperazine rings is 1. The number of methoxy groups -OCH3 is 1. The maximum absolute atomic E-state index is 12.3. The molecule has 0 aromatic rings. The smallest absolute Gasteiger partial charge is 0.225 e. The zero-order chi connectivity index (χ0) is 14.6.